The smallest absolute Gasteiger partial charge is 0.146 e. The number of nitrogens with zero attached hydrogens (tertiary/aromatic N) is 1. The molecule has 1 aromatic heterocycles. The number of rotatable bonds is 2. The SMILES string of the molecule is CCn1c2ccccc2c2cc(C3Nc4c(F)cccc4C4C=CCC43)ccc21. The molecule has 0 saturated heterocycles. The molecule has 144 valence electrons. The minimum atomic E-state index is -0.157. The molecule has 2 nitrogen and oxygen atoms in total. The Kier molecular flexibility index (Phi) is 3.61. The Bertz CT molecular complexity index is 1280. The molecule has 2 aliphatic rings. The number of halogens is 1. The molecule has 4 aromatic rings. The van der Waals surface area contributed by atoms with E-state index in [9.17, 15) is 4.39 Å². The third-order valence-corrected chi connectivity index (χ3v) is 6.82. The van der Waals surface area contributed by atoms with Gasteiger partial charge in [-0.1, -0.05) is 48.6 Å². The van der Waals surface area contributed by atoms with Crippen LogP contribution >= 0.6 is 0 Å². The maximum absolute atomic E-state index is 14.6. The van der Waals surface area contributed by atoms with Crippen molar-refractivity contribution in [3.05, 3.63) is 89.8 Å². The molecule has 1 N–H and O–H groups in total. The first kappa shape index (κ1) is 16.8. The van der Waals surface area contributed by atoms with E-state index < -0.39 is 0 Å². The van der Waals surface area contributed by atoms with E-state index in [0.29, 0.717) is 11.6 Å². The normalized spacial score (nSPS) is 22.6. The fourth-order valence-electron chi connectivity index (χ4n) is 5.52. The predicted octanol–water partition coefficient (Wildman–Crippen LogP) is 6.78. The summed E-state index contributed by atoms with van der Waals surface area (Å²) in [6, 6.07) is 20.9. The molecule has 0 bridgehead atoms. The Labute approximate surface area is 169 Å². The number of hydrogen-bond donors (Lipinski definition) is 1. The van der Waals surface area contributed by atoms with Gasteiger partial charge in [-0.3, -0.25) is 0 Å². The molecule has 1 aliphatic heterocycles. The molecule has 29 heavy (non-hydrogen) atoms. The molecule has 0 spiro atoms. The summed E-state index contributed by atoms with van der Waals surface area (Å²) in [5.41, 5.74) is 5.53. The van der Waals surface area contributed by atoms with Crippen molar-refractivity contribution in [2.45, 2.75) is 31.8 Å². The summed E-state index contributed by atoms with van der Waals surface area (Å²) in [5.74, 6) is 0.538. The van der Waals surface area contributed by atoms with E-state index in [4.69, 9.17) is 0 Å². The average Bonchev–Trinajstić information content (AvgIpc) is 3.36. The van der Waals surface area contributed by atoms with E-state index in [1.807, 2.05) is 6.07 Å². The average molecular weight is 382 g/mol. The van der Waals surface area contributed by atoms with E-state index in [-0.39, 0.29) is 17.8 Å². The predicted molar refractivity (Wildman–Crippen MR) is 118 cm³/mol. The Morgan fingerprint density at radius 2 is 1.86 bits per heavy atom. The highest BCUT2D eigenvalue weighted by Crippen LogP contribution is 2.50. The molecule has 0 amide bonds. The summed E-state index contributed by atoms with van der Waals surface area (Å²) in [6.07, 6.45) is 5.54. The molecule has 3 atom stereocenters. The number of aryl methyl sites for hydroxylation is 1. The lowest BCUT2D eigenvalue weighted by molar-refractivity contribution is 0.421. The second-order valence-electron chi connectivity index (χ2n) is 8.22. The zero-order valence-electron chi connectivity index (χ0n) is 16.4. The first-order valence-electron chi connectivity index (χ1n) is 10.5. The van der Waals surface area contributed by atoms with Crippen LogP contribution in [-0.4, -0.2) is 4.57 Å². The highest BCUT2D eigenvalue weighted by molar-refractivity contribution is 6.08. The van der Waals surface area contributed by atoms with Gasteiger partial charge in [0.15, 0.2) is 0 Å². The molecule has 2 heterocycles. The monoisotopic (exact) mass is 382 g/mol. The standard InChI is InChI=1S/C26H23FN2/c1-2-29-23-12-4-3-7-18(23)21-15-16(13-14-24(21)29)25-19-9-5-8-17(19)20-10-6-11-22(27)26(20)28-25/h3-8,10-15,17,19,25,28H,2,9H2,1H3. The summed E-state index contributed by atoms with van der Waals surface area (Å²) in [4.78, 5) is 0. The minimum absolute atomic E-state index is 0.104. The van der Waals surface area contributed by atoms with Crippen LogP contribution in [-0.2, 0) is 6.54 Å². The third-order valence-electron chi connectivity index (χ3n) is 6.82. The van der Waals surface area contributed by atoms with Crippen LogP contribution in [0.15, 0.2) is 72.8 Å². The van der Waals surface area contributed by atoms with Crippen molar-refractivity contribution in [3.8, 4) is 0 Å². The van der Waals surface area contributed by atoms with Crippen LogP contribution in [0, 0.1) is 11.7 Å². The Balaban J connectivity index is 1.53. The quantitative estimate of drug-likeness (QED) is 0.378. The van der Waals surface area contributed by atoms with Gasteiger partial charge in [-0.25, -0.2) is 4.39 Å². The molecular weight excluding hydrogens is 359 g/mol. The molecular formula is C26H23FN2. The Morgan fingerprint density at radius 3 is 2.76 bits per heavy atom. The van der Waals surface area contributed by atoms with E-state index in [2.05, 4.69) is 77.5 Å². The van der Waals surface area contributed by atoms with Gasteiger partial charge in [0.25, 0.3) is 0 Å². The maximum atomic E-state index is 14.6. The number of hydrogen-bond acceptors (Lipinski definition) is 1. The third kappa shape index (κ3) is 2.33. The summed E-state index contributed by atoms with van der Waals surface area (Å²) < 4.78 is 17.0. The molecule has 0 fully saturated rings. The molecule has 0 radical (unpaired) electrons. The van der Waals surface area contributed by atoms with Gasteiger partial charge >= 0.3 is 0 Å². The van der Waals surface area contributed by atoms with Crippen LogP contribution in [0.3, 0.4) is 0 Å². The van der Waals surface area contributed by atoms with Crippen LogP contribution < -0.4 is 5.32 Å². The molecule has 3 unspecified atom stereocenters. The highest BCUT2D eigenvalue weighted by atomic mass is 19.1. The summed E-state index contributed by atoms with van der Waals surface area (Å²) >= 11 is 0. The largest absolute Gasteiger partial charge is 0.375 e. The number of allylic oxidation sites excluding steroid dienone is 2. The highest BCUT2D eigenvalue weighted by Gasteiger charge is 2.38. The van der Waals surface area contributed by atoms with Gasteiger partial charge in [0, 0.05) is 34.3 Å². The van der Waals surface area contributed by atoms with Crippen molar-refractivity contribution >= 4 is 27.5 Å². The van der Waals surface area contributed by atoms with Gasteiger partial charge in [-0.2, -0.15) is 0 Å². The minimum Gasteiger partial charge on any atom is -0.375 e. The first-order valence-corrected chi connectivity index (χ1v) is 10.5. The lowest BCUT2D eigenvalue weighted by atomic mass is 9.77. The number of benzene rings is 3. The lowest BCUT2D eigenvalue weighted by Gasteiger charge is -2.37. The molecule has 1 aliphatic carbocycles. The second-order valence-corrected chi connectivity index (χ2v) is 8.22. The number of nitrogens with one attached hydrogen (secondary N) is 1. The lowest BCUT2D eigenvalue weighted by Crippen LogP contribution is -2.29. The van der Waals surface area contributed by atoms with Crippen molar-refractivity contribution in [3.63, 3.8) is 0 Å². The second kappa shape index (κ2) is 6.21. The van der Waals surface area contributed by atoms with E-state index in [0.717, 1.165) is 18.5 Å². The van der Waals surface area contributed by atoms with E-state index in [1.165, 1.54) is 27.4 Å². The van der Waals surface area contributed by atoms with Crippen LogP contribution in [0.25, 0.3) is 21.8 Å². The van der Waals surface area contributed by atoms with E-state index in [1.54, 1.807) is 6.07 Å². The fraction of sp³-hybridized carbons (Fsp3) is 0.231. The Morgan fingerprint density at radius 1 is 1.00 bits per heavy atom. The number of para-hydroxylation sites is 2. The maximum Gasteiger partial charge on any atom is 0.146 e. The van der Waals surface area contributed by atoms with Gasteiger partial charge in [-0.15, -0.1) is 0 Å². The fourth-order valence-corrected chi connectivity index (χ4v) is 5.52. The molecule has 3 aromatic carbocycles. The number of fused-ring (bicyclic) bond motifs is 6. The van der Waals surface area contributed by atoms with Crippen LogP contribution in [0.4, 0.5) is 10.1 Å². The Hall–Kier alpha value is -3.07. The summed E-state index contributed by atoms with van der Waals surface area (Å²) in [6.45, 7) is 3.13. The molecule has 3 heteroatoms. The van der Waals surface area contributed by atoms with Crippen molar-refractivity contribution in [1.82, 2.24) is 4.57 Å². The number of aromatic nitrogens is 1. The van der Waals surface area contributed by atoms with Gasteiger partial charge < -0.3 is 9.88 Å². The molecule has 6 rings (SSSR count). The molecule has 0 saturated carbocycles. The summed E-state index contributed by atoms with van der Waals surface area (Å²) in [7, 11) is 0. The number of anilines is 1. The van der Waals surface area contributed by atoms with Crippen molar-refractivity contribution in [1.29, 1.82) is 0 Å². The zero-order valence-corrected chi connectivity index (χ0v) is 16.4. The van der Waals surface area contributed by atoms with Crippen LogP contribution in [0.2, 0.25) is 0 Å². The van der Waals surface area contributed by atoms with Gasteiger partial charge in [0.1, 0.15) is 5.82 Å². The van der Waals surface area contributed by atoms with Gasteiger partial charge in [0.2, 0.25) is 0 Å². The first-order chi connectivity index (χ1) is 14.3. The van der Waals surface area contributed by atoms with Crippen molar-refractivity contribution in [2.75, 3.05) is 5.32 Å². The zero-order chi connectivity index (χ0) is 19.5. The van der Waals surface area contributed by atoms with E-state index >= 15 is 0 Å². The van der Waals surface area contributed by atoms with Crippen LogP contribution in [0.1, 0.15) is 36.4 Å². The summed E-state index contributed by atoms with van der Waals surface area (Å²) in [5, 5.41) is 6.13. The van der Waals surface area contributed by atoms with Gasteiger partial charge in [0.05, 0.1) is 11.7 Å². The topological polar surface area (TPSA) is 17.0 Å². The van der Waals surface area contributed by atoms with Gasteiger partial charge in [-0.05, 0) is 54.7 Å². The van der Waals surface area contributed by atoms with Crippen molar-refractivity contribution < 1.29 is 4.39 Å². The van der Waals surface area contributed by atoms with Crippen LogP contribution in [0.5, 0.6) is 0 Å². The van der Waals surface area contributed by atoms with Crippen molar-refractivity contribution in [2.24, 2.45) is 5.92 Å².